The molecule has 0 aromatic carbocycles. The minimum absolute atomic E-state index is 0.275. The highest BCUT2D eigenvalue weighted by Gasteiger charge is 2.41. The standard InChI is InChI=1S/C11H18N2O2/c1-9(2)7-15-13-10(14)11(8-12)5-3-4-6-11/h9H,3-7H2,1-2H3,(H,13,14). The molecule has 0 aliphatic heterocycles. The van der Waals surface area contributed by atoms with Crippen molar-refractivity contribution in [3.63, 3.8) is 0 Å². The normalized spacial score (nSPS) is 18.8. The zero-order valence-corrected chi connectivity index (χ0v) is 9.38. The number of carbonyl (C=O) groups excluding carboxylic acids is 1. The Labute approximate surface area is 90.6 Å². The van der Waals surface area contributed by atoms with E-state index in [2.05, 4.69) is 11.5 Å². The van der Waals surface area contributed by atoms with Crippen molar-refractivity contribution >= 4 is 5.91 Å². The molecule has 84 valence electrons. The van der Waals surface area contributed by atoms with Gasteiger partial charge in [0.1, 0.15) is 5.41 Å². The second kappa shape index (κ2) is 5.13. The highest BCUT2D eigenvalue weighted by molar-refractivity contribution is 5.84. The highest BCUT2D eigenvalue weighted by atomic mass is 16.7. The van der Waals surface area contributed by atoms with E-state index in [1.165, 1.54) is 0 Å². The van der Waals surface area contributed by atoms with Gasteiger partial charge in [0.05, 0.1) is 12.7 Å². The van der Waals surface area contributed by atoms with Crippen LogP contribution in [0.3, 0.4) is 0 Å². The summed E-state index contributed by atoms with van der Waals surface area (Å²) < 4.78 is 0. The third-order valence-electron chi connectivity index (χ3n) is 2.69. The van der Waals surface area contributed by atoms with Gasteiger partial charge in [-0.05, 0) is 18.8 Å². The molecule has 1 N–H and O–H groups in total. The molecular formula is C11H18N2O2. The SMILES string of the molecule is CC(C)CONC(=O)C1(C#N)CCCC1. The van der Waals surface area contributed by atoms with Crippen LogP contribution in [-0.4, -0.2) is 12.5 Å². The fraction of sp³-hybridized carbons (Fsp3) is 0.818. The minimum Gasteiger partial charge on any atom is -0.273 e. The van der Waals surface area contributed by atoms with E-state index in [1.54, 1.807) is 0 Å². The van der Waals surface area contributed by atoms with E-state index in [-0.39, 0.29) is 5.91 Å². The van der Waals surface area contributed by atoms with Gasteiger partial charge in [-0.2, -0.15) is 5.26 Å². The second-order valence-corrected chi connectivity index (χ2v) is 4.54. The van der Waals surface area contributed by atoms with E-state index < -0.39 is 5.41 Å². The lowest BCUT2D eigenvalue weighted by molar-refractivity contribution is -0.141. The summed E-state index contributed by atoms with van der Waals surface area (Å²) in [4.78, 5) is 16.8. The van der Waals surface area contributed by atoms with Crippen LogP contribution in [0.5, 0.6) is 0 Å². The van der Waals surface area contributed by atoms with Crippen LogP contribution in [0.4, 0.5) is 0 Å². The third kappa shape index (κ3) is 2.93. The lowest BCUT2D eigenvalue weighted by Crippen LogP contribution is -2.38. The second-order valence-electron chi connectivity index (χ2n) is 4.54. The quantitative estimate of drug-likeness (QED) is 0.719. The summed E-state index contributed by atoms with van der Waals surface area (Å²) in [6, 6.07) is 2.12. The van der Waals surface area contributed by atoms with Crippen molar-refractivity contribution in [2.45, 2.75) is 39.5 Å². The first-order valence-corrected chi connectivity index (χ1v) is 5.44. The van der Waals surface area contributed by atoms with E-state index in [9.17, 15) is 4.79 Å². The van der Waals surface area contributed by atoms with Crippen molar-refractivity contribution in [3.05, 3.63) is 0 Å². The Morgan fingerprint density at radius 2 is 2.13 bits per heavy atom. The average molecular weight is 210 g/mol. The summed E-state index contributed by atoms with van der Waals surface area (Å²) >= 11 is 0. The summed E-state index contributed by atoms with van der Waals surface area (Å²) in [5.74, 6) is 0.0927. The Balaban J connectivity index is 2.42. The van der Waals surface area contributed by atoms with Crippen LogP contribution in [0, 0.1) is 22.7 Å². The van der Waals surface area contributed by atoms with Crippen molar-refractivity contribution < 1.29 is 9.63 Å². The molecule has 0 atom stereocenters. The van der Waals surface area contributed by atoms with Crippen LogP contribution in [0.2, 0.25) is 0 Å². The molecule has 0 saturated heterocycles. The largest absolute Gasteiger partial charge is 0.273 e. The van der Waals surface area contributed by atoms with Gasteiger partial charge in [0.2, 0.25) is 0 Å². The Morgan fingerprint density at radius 1 is 1.53 bits per heavy atom. The predicted molar refractivity (Wildman–Crippen MR) is 55.4 cm³/mol. The topological polar surface area (TPSA) is 62.1 Å². The monoisotopic (exact) mass is 210 g/mol. The number of nitrogens with one attached hydrogen (secondary N) is 1. The van der Waals surface area contributed by atoms with E-state index in [0.717, 1.165) is 12.8 Å². The van der Waals surface area contributed by atoms with Crippen LogP contribution >= 0.6 is 0 Å². The summed E-state index contributed by atoms with van der Waals surface area (Å²) in [6.45, 7) is 4.48. The van der Waals surface area contributed by atoms with Crippen molar-refractivity contribution in [2.75, 3.05) is 6.61 Å². The number of rotatable bonds is 4. The molecule has 0 aromatic rings. The first-order valence-electron chi connectivity index (χ1n) is 5.44. The first kappa shape index (κ1) is 12.0. The number of nitriles is 1. The number of hydrogen-bond acceptors (Lipinski definition) is 3. The van der Waals surface area contributed by atoms with E-state index in [0.29, 0.717) is 25.4 Å². The van der Waals surface area contributed by atoms with E-state index in [4.69, 9.17) is 10.1 Å². The molecule has 1 aliphatic carbocycles. The number of amides is 1. The molecule has 4 nitrogen and oxygen atoms in total. The van der Waals surface area contributed by atoms with Crippen molar-refractivity contribution in [1.82, 2.24) is 5.48 Å². The molecule has 1 fully saturated rings. The molecule has 0 radical (unpaired) electrons. The van der Waals surface area contributed by atoms with Gasteiger partial charge in [0, 0.05) is 0 Å². The maximum Gasteiger partial charge on any atom is 0.263 e. The van der Waals surface area contributed by atoms with Gasteiger partial charge in [-0.25, -0.2) is 5.48 Å². The molecule has 1 saturated carbocycles. The maximum atomic E-state index is 11.7. The average Bonchev–Trinajstić information content (AvgIpc) is 2.66. The Kier molecular flexibility index (Phi) is 4.10. The first-order chi connectivity index (χ1) is 7.10. The Hall–Kier alpha value is -1.08. The molecule has 1 rings (SSSR count). The molecule has 4 heteroatoms. The van der Waals surface area contributed by atoms with Crippen LogP contribution in [-0.2, 0) is 9.63 Å². The lowest BCUT2D eigenvalue weighted by atomic mass is 9.87. The van der Waals surface area contributed by atoms with E-state index >= 15 is 0 Å². The summed E-state index contributed by atoms with van der Waals surface area (Å²) in [7, 11) is 0. The zero-order valence-electron chi connectivity index (χ0n) is 9.38. The summed E-state index contributed by atoms with van der Waals surface area (Å²) in [6.07, 6.45) is 3.21. The zero-order chi connectivity index (χ0) is 11.3. The smallest absolute Gasteiger partial charge is 0.263 e. The van der Waals surface area contributed by atoms with Crippen LogP contribution in [0.15, 0.2) is 0 Å². The lowest BCUT2D eigenvalue weighted by Gasteiger charge is -2.19. The Bertz CT molecular complexity index is 262. The molecule has 1 amide bonds. The summed E-state index contributed by atoms with van der Waals surface area (Å²) in [5, 5.41) is 9.03. The minimum atomic E-state index is -0.836. The number of nitrogens with zero attached hydrogens (tertiary/aromatic N) is 1. The van der Waals surface area contributed by atoms with Gasteiger partial charge in [-0.3, -0.25) is 9.63 Å². The van der Waals surface area contributed by atoms with Crippen LogP contribution in [0.25, 0.3) is 0 Å². The van der Waals surface area contributed by atoms with Gasteiger partial charge in [-0.1, -0.05) is 26.7 Å². The molecule has 0 bridgehead atoms. The molecule has 0 aromatic heterocycles. The molecule has 0 unspecified atom stereocenters. The van der Waals surface area contributed by atoms with Gasteiger partial charge in [0.25, 0.3) is 5.91 Å². The van der Waals surface area contributed by atoms with E-state index in [1.807, 2.05) is 13.8 Å². The fourth-order valence-corrected chi connectivity index (χ4v) is 1.74. The fourth-order valence-electron chi connectivity index (χ4n) is 1.74. The third-order valence-corrected chi connectivity index (χ3v) is 2.69. The molecule has 1 aliphatic rings. The number of hydrogen-bond donors (Lipinski definition) is 1. The molecule has 0 heterocycles. The Morgan fingerprint density at radius 3 is 2.60 bits per heavy atom. The van der Waals surface area contributed by atoms with Crippen LogP contribution < -0.4 is 5.48 Å². The van der Waals surface area contributed by atoms with Crippen molar-refractivity contribution in [2.24, 2.45) is 11.3 Å². The van der Waals surface area contributed by atoms with Gasteiger partial charge in [0.15, 0.2) is 0 Å². The maximum absolute atomic E-state index is 11.7. The number of hydroxylamine groups is 1. The highest BCUT2D eigenvalue weighted by Crippen LogP contribution is 2.37. The van der Waals surface area contributed by atoms with Crippen LogP contribution in [0.1, 0.15) is 39.5 Å². The molecular weight excluding hydrogens is 192 g/mol. The van der Waals surface area contributed by atoms with Crippen molar-refractivity contribution in [1.29, 1.82) is 5.26 Å². The van der Waals surface area contributed by atoms with Crippen molar-refractivity contribution in [3.8, 4) is 6.07 Å². The van der Waals surface area contributed by atoms with Gasteiger partial charge >= 0.3 is 0 Å². The summed E-state index contributed by atoms with van der Waals surface area (Å²) in [5.41, 5.74) is 1.55. The van der Waals surface area contributed by atoms with Gasteiger partial charge in [-0.15, -0.1) is 0 Å². The molecule has 0 spiro atoms. The van der Waals surface area contributed by atoms with Gasteiger partial charge < -0.3 is 0 Å². The molecule has 15 heavy (non-hydrogen) atoms. The predicted octanol–water partition coefficient (Wildman–Crippen LogP) is 1.77. The number of carbonyl (C=O) groups is 1.